The third kappa shape index (κ3) is 4.29. The van der Waals surface area contributed by atoms with Crippen molar-refractivity contribution in [3.8, 4) is 0 Å². The number of anilines is 1. The summed E-state index contributed by atoms with van der Waals surface area (Å²) in [6.45, 7) is 0.319. The molecule has 24 heavy (non-hydrogen) atoms. The number of hydrogen-bond donors (Lipinski definition) is 2. The number of carbonyl (C=O) groups excluding carboxylic acids is 1. The Kier molecular flexibility index (Phi) is 4.75. The Bertz CT molecular complexity index is 824. The predicted octanol–water partition coefficient (Wildman–Crippen LogP) is 1.01. The lowest BCUT2D eigenvalue weighted by molar-refractivity contribution is 0.0945. The summed E-state index contributed by atoms with van der Waals surface area (Å²) < 4.78 is 23.0. The summed E-state index contributed by atoms with van der Waals surface area (Å²) in [6, 6.07) is 8.71. The van der Waals surface area contributed by atoms with Crippen LogP contribution in [-0.4, -0.2) is 41.8 Å². The van der Waals surface area contributed by atoms with Crippen molar-refractivity contribution in [2.75, 3.05) is 16.8 Å². The molecule has 0 spiro atoms. The molecule has 2 aromatic rings. The van der Waals surface area contributed by atoms with Crippen LogP contribution in [0.5, 0.6) is 0 Å². The van der Waals surface area contributed by atoms with Crippen molar-refractivity contribution in [2.45, 2.75) is 19.0 Å². The smallest absolute Gasteiger partial charge is 0.270 e. The van der Waals surface area contributed by atoms with Gasteiger partial charge in [0, 0.05) is 24.1 Å². The first-order valence-electron chi connectivity index (χ1n) is 7.63. The Morgan fingerprint density at radius 2 is 2.08 bits per heavy atom. The van der Waals surface area contributed by atoms with Crippen LogP contribution in [0.4, 0.5) is 5.69 Å². The largest absolute Gasteiger partial charge is 0.381 e. The zero-order valence-corrected chi connectivity index (χ0v) is 13.8. The Hall–Kier alpha value is -2.48. The van der Waals surface area contributed by atoms with Gasteiger partial charge in [-0.3, -0.25) is 14.8 Å². The van der Waals surface area contributed by atoms with E-state index in [2.05, 4.69) is 20.6 Å². The van der Waals surface area contributed by atoms with Gasteiger partial charge in [0.15, 0.2) is 9.84 Å². The van der Waals surface area contributed by atoms with Crippen LogP contribution >= 0.6 is 0 Å². The highest BCUT2D eigenvalue weighted by molar-refractivity contribution is 7.91. The van der Waals surface area contributed by atoms with Crippen LogP contribution in [0.15, 0.2) is 42.7 Å². The average molecular weight is 346 g/mol. The molecular weight excluding hydrogens is 328 g/mol. The molecule has 1 unspecified atom stereocenters. The second-order valence-corrected chi connectivity index (χ2v) is 7.91. The number of nitrogens with zero attached hydrogens (tertiary/aromatic N) is 2. The van der Waals surface area contributed by atoms with Gasteiger partial charge in [-0.05, 0) is 30.7 Å². The van der Waals surface area contributed by atoms with Gasteiger partial charge in [0.2, 0.25) is 0 Å². The molecule has 0 saturated carbocycles. The fourth-order valence-corrected chi connectivity index (χ4v) is 4.23. The Morgan fingerprint density at radius 3 is 2.79 bits per heavy atom. The van der Waals surface area contributed by atoms with Crippen LogP contribution in [0.3, 0.4) is 0 Å². The van der Waals surface area contributed by atoms with E-state index in [9.17, 15) is 13.2 Å². The highest BCUT2D eigenvalue weighted by Gasteiger charge is 2.27. The van der Waals surface area contributed by atoms with Crippen LogP contribution in [0, 0.1) is 0 Å². The number of hydrogen-bond acceptors (Lipinski definition) is 6. The summed E-state index contributed by atoms with van der Waals surface area (Å²) in [5.74, 6) is 0.0207. The van der Waals surface area contributed by atoms with E-state index in [1.165, 1.54) is 6.20 Å². The van der Waals surface area contributed by atoms with Crippen molar-refractivity contribution in [1.29, 1.82) is 0 Å². The van der Waals surface area contributed by atoms with E-state index in [1.54, 1.807) is 18.3 Å². The second kappa shape index (κ2) is 6.96. The van der Waals surface area contributed by atoms with Crippen molar-refractivity contribution in [3.05, 3.63) is 54.1 Å². The first kappa shape index (κ1) is 16.4. The Balaban J connectivity index is 1.61. The molecule has 1 atom stereocenters. The lowest BCUT2D eigenvalue weighted by Gasteiger charge is -2.13. The summed E-state index contributed by atoms with van der Waals surface area (Å²) >= 11 is 0. The molecule has 8 heteroatoms. The molecule has 1 fully saturated rings. The normalized spacial score (nSPS) is 18.9. The van der Waals surface area contributed by atoms with Gasteiger partial charge in [0.25, 0.3) is 5.91 Å². The van der Waals surface area contributed by atoms with Crippen molar-refractivity contribution < 1.29 is 13.2 Å². The molecule has 2 N–H and O–H groups in total. The van der Waals surface area contributed by atoms with Crippen LogP contribution in [0.2, 0.25) is 0 Å². The van der Waals surface area contributed by atoms with E-state index >= 15 is 0 Å². The summed E-state index contributed by atoms with van der Waals surface area (Å²) in [5, 5.41) is 5.92. The molecule has 1 amide bonds. The molecule has 1 saturated heterocycles. The van der Waals surface area contributed by atoms with E-state index in [0.717, 1.165) is 5.69 Å². The minimum atomic E-state index is -2.95. The number of amides is 1. The maximum Gasteiger partial charge on any atom is 0.270 e. The molecule has 126 valence electrons. The first-order valence-corrected chi connectivity index (χ1v) is 9.45. The van der Waals surface area contributed by atoms with Gasteiger partial charge >= 0.3 is 0 Å². The standard InChI is InChI=1S/C16H18N4O3S/c21-16(19-10-13-3-1-2-6-17-13)15-9-12(4-7-18-15)20-14-5-8-24(22,23)11-14/h1-4,6-7,9,14H,5,8,10-11H2,(H,18,20)(H,19,21). The number of aromatic nitrogens is 2. The van der Waals surface area contributed by atoms with Gasteiger partial charge in [-0.25, -0.2) is 8.42 Å². The topological polar surface area (TPSA) is 101 Å². The molecule has 0 bridgehead atoms. The van der Waals surface area contributed by atoms with Gasteiger partial charge in [-0.2, -0.15) is 0 Å². The molecule has 1 aliphatic heterocycles. The highest BCUT2D eigenvalue weighted by Crippen LogP contribution is 2.17. The third-order valence-electron chi connectivity index (χ3n) is 3.75. The minimum absolute atomic E-state index is 0.122. The van der Waals surface area contributed by atoms with Gasteiger partial charge in [-0.15, -0.1) is 0 Å². The molecule has 2 aromatic heterocycles. The van der Waals surface area contributed by atoms with Gasteiger partial charge in [0.1, 0.15) is 5.69 Å². The van der Waals surface area contributed by atoms with Crippen molar-refractivity contribution in [2.24, 2.45) is 0 Å². The molecule has 3 rings (SSSR count). The van der Waals surface area contributed by atoms with E-state index in [4.69, 9.17) is 0 Å². The minimum Gasteiger partial charge on any atom is -0.381 e. The third-order valence-corrected chi connectivity index (χ3v) is 5.52. The highest BCUT2D eigenvalue weighted by atomic mass is 32.2. The van der Waals surface area contributed by atoms with E-state index in [1.807, 2.05) is 18.2 Å². The fourth-order valence-electron chi connectivity index (χ4n) is 2.55. The van der Waals surface area contributed by atoms with Crippen LogP contribution in [0.25, 0.3) is 0 Å². The maximum atomic E-state index is 12.2. The molecule has 1 aliphatic rings. The molecular formula is C16H18N4O3S. The van der Waals surface area contributed by atoms with Crippen LogP contribution in [-0.2, 0) is 16.4 Å². The Morgan fingerprint density at radius 1 is 1.21 bits per heavy atom. The van der Waals surface area contributed by atoms with Crippen LogP contribution < -0.4 is 10.6 Å². The zero-order valence-electron chi connectivity index (χ0n) is 13.0. The van der Waals surface area contributed by atoms with Crippen molar-refractivity contribution in [3.63, 3.8) is 0 Å². The number of sulfone groups is 1. The van der Waals surface area contributed by atoms with Gasteiger partial charge < -0.3 is 10.6 Å². The summed E-state index contributed by atoms with van der Waals surface area (Å²) in [7, 11) is -2.95. The quantitative estimate of drug-likeness (QED) is 0.838. The lowest BCUT2D eigenvalue weighted by atomic mass is 10.2. The zero-order chi connectivity index (χ0) is 17.0. The molecule has 7 nitrogen and oxygen atoms in total. The molecule has 3 heterocycles. The molecule has 0 aromatic carbocycles. The number of rotatable bonds is 5. The average Bonchev–Trinajstić information content (AvgIpc) is 2.92. The number of nitrogens with one attached hydrogen (secondary N) is 2. The maximum absolute atomic E-state index is 12.2. The van der Waals surface area contributed by atoms with E-state index in [-0.39, 0.29) is 29.1 Å². The van der Waals surface area contributed by atoms with Crippen LogP contribution in [0.1, 0.15) is 22.6 Å². The lowest BCUT2D eigenvalue weighted by Crippen LogP contribution is -2.25. The SMILES string of the molecule is O=C(NCc1ccccn1)c1cc(NC2CCS(=O)(=O)C2)ccn1. The second-order valence-electron chi connectivity index (χ2n) is 5.68. The number of carbonyl (C=O) groups is 1. The summed E-state index contributed by atoms with van der Waals surface area (Å²) in [5.41, 5.74) is 1.73. The Labute approximate surface area is 140 Å². The van der Waals surface area contributed by atoms with Crippen molar-refractivity contribution >= 4 is 21.4 Å². The van der Waals surface area contributed by atoms with Crippen molar-refractivity contribution in [1.82, 2.24) is 15.3 Å². The molecule has 0 radical (unpaired) electrons. The summed E-state index contributed by atoms with van der Waals surface area (Å²) in [6.07, 6.45) is 3.77. The van der Waals surface area contributed by atoms with Gasteiger partial charge in [-0.1, -0.05) is 6.07 Å². The molecule has 0 aliphatic carbocycles. The number of pyridine rings is 2. The monoisotopic (exact) mass is 346 g/mol. The van der Waals surface area contributed by atoms with E-state index in [0.29, 0.717) is 18.7 Å². The van der Waals surface area contributed by atoms with E-state index < -0.39 is 9.84 Å². The fraction of sp³-hybridized carbons (Fsp3) is 0.312. The van der Waals surface area contributed by atoms with Gasteiger partial charge in [0.05, 0.1) is 23.7 Å². The first-order chi connectivity index (χ1) is 11.5. The summed E-state index contributed by atoms with van der Waals surface area (Å²) in [4.78, 5) is 20.4. The predicted molar refractivity (Wildman–Crippen MR) is 90.3 cm³/mol.